The van der Waals surface area contributed by atoms with Gasteiger partial charge in [0.2, 0.25) is 0 Å². The fraction of sp³-hybridized carbons (Fsp3) is 0.0952. The van der Waals surface area contributed by atoms with Crippen molar-refractivity contribution in [2.75, 3.05) is 13.2 Å². The molecule has 0 spiro atoms. The Balaban J connectivity index is 1.67. The summed E-state index contributed by atoms with van der Waals surface area (Å²) in [7, 11) is 0. The third-order valence-corrected chi connectivity index (χ3v) is 4.27. The minimum absolute atomic E-state index is 0.0803. The third-order valence-electron chi connectivity index (χ3n) is 4.27. The minimum Gasteiger partial charge on any atom is -0.395 e. The van der Waals surface area contributed by atoms with Crippen molar-refractivity contribution in [3.63, 3.8) is 0 Å². The molecule has 0 saturated heterocycles. The SMILES string of the molecule is O=C(NCCO)c1cccc(-c2ccc3nn(-c4cccnc4)cc3c2)c1. The summed E-state index contributed by atoms with van der Waals surface area (Å²) >= 11 is 0. The van der Waals surface area contributed by atoms with E-state index in [-0.39, 0.29) is 19.1 Å². The highest BCUT2D eigenvalue weighted by Crippen LogP contribution is 2.25. The Morgan fingerprint density at radius 2 is 1.96 bits per heavy atom. The summed E-state index contributed by atoms with van der Waals surface area (Å²) in [5.41, 5.74) is 4.30. The summed E-state index contributed by atoms with van der Waals surface area (Å²) < 4.78 is 1.81. The zero-order valence-corrected chi connectivity index (χ0v) is 14.5. The van der Waals surface area contributed by atoms with Crippen molar-refractivity contribution in [1.82, 2.24) is 20.1 Å². The van der Waals surface area contributed by atoms with E-state index in [9.17, 15) is 4.79 Å². The van der Waals surface area contributed by atoms with E-state index >= 15 is 0 Å². The maximum Gasteiger partial charge on any atom is 0.251 e. The van der Waals surface area contributed by atoms with Gasteiger partial charge in [-0.3, -0.25) is 9.78 Å². The van der Waals surface area contributed by atoms with Crippen molar-refractivity contribution < 1.29 is 9.90 Å². The number of carbonyl (C=O) groups excluding carboxylic acids is 1. The second kappa shape index (κ2) is 7.39. The first-order valence-electron chi connectivity index (χ1n) is 8.64. The van der Waals surface area contributed by atoms with Gasteiger partial charge in [0, 0.05) is 29.9 Å². The summed E-state index contributed by atoms with van der Waals surface area (Å²) in [6, 6.07) is 17.3. The molecule has 4 aromatic rings. The van der Waals surface area contributed by atoms with Crippen LogP contribution in [0, 0.1) is 0 Å². The third kappa shape index (κ3) is 3.56. The summed E-state index contributed by atoms with van der Waals surface area (Å²) in [4.78, 5) is 16.2. The lowest BCUT2D eigenvalue weighted by atomic mass is 10.0. The number of nitrogens with one attached hydrogen (secondary N) is 1. The number of aliphatic hydroxyl groups excluding tert-OH is 1. The smallest absolute Gasteiger partial charge is 0.251 e. The molecule has 0 aliphatic heterocycles. The predicted molar refractivity (Wildman–Crippen MR) is 104 cm³/mol. The summed E-state index contributed by atoms with van der Waals surface area (Å²) in [5.74, 6) is -0.198. The number of nitrogens with zero attached hydrogens (tertiary/aromatic N) is 3. The number of benzene rings is 2. The van der Waals surface area contributed by atoms with Crippen LogP contribution < -0.4 is 5.32 Å². The Hall–Kier alpha value is -3.51. The molecule has 0 radical (unpaired) electrons. The normalized spacial score (nSPS) is 10.9. The van der Waals surface area contributed by atoms with E-state index in [0.29, 0.717) is 5.56 Å². The summed E-state index contributed by atoms with van der Waals surface area (Å²) in [5, 5.41) is 17.1. The number of pyridine rings is 1. The van der Waals surface area contributed by atoms with Crippen molar-refractivity contribution >= 4 is 16.8 Å². The predicted octanol–water partition coefficient (Wildman–Crippen LogP) is 2.81. The monoisotopic (exact) mass is 358 g/mol. The molecule has 0 fully saturated rings. The van der Waals surface area contributed by atoms with Crippen molar-refractivity contribution in [2.45, 2.75) is 0 Å². The van der Waals surface area contributed by atoms with Crippen LogP contribution in [0.25, 0.3) is 27.7 Å². The molecule has 2 aromatic carbocycles. The standard InChI is InChI=1S/C21H18N4O2/c26-10-9-23-21(27)17-4-1-3-15(11-17)16-6-7-20-18(12-16)14-25(24-20)19-5-2-8-22-13-19/h1-8,11-14,26H,9-10H2,(H,23,27). The Morgan fingerprint density at radius 1 is 1.07 bits per heavy atom. The Morgan fingerprint density at radius 3 is 2.78 bits per heavy atom. The molecule has 2 heterocycles. The molecule has 2 N–H and O–H groups in total. The molecule has 0 aliphatic carbocycles. The first-order valence-corrected chi connectivity index (χ1v) is 8.64. The van der Waals surface area contributed by atoms with E-state index in [0.717, 1.165) is 27.7 Å². The highest BCUT2D eigenvalue weighted by molar-refractivity contribution is 5.95. The van der Waals surface area contributed by atoms with Gasteiger partial charge in [0.1, 0.15) is 0 Å². The number of fused-ring (bicyclic) bond motifs is 1. The molecular formula is C21H18N4O2. The van der Waals surface area contributed by atoms with Gasteiger partial charge in [-0.25, -0.2) is 4.68 Å². The maximum atomic E-state index is 12.1. The van der Waals surface area contributed by atoms with Crippen LogP contribution in [-0.2, 0) is 0 Å². The molecule has 0 saturated carbocycles. The largest absolute Gasteiger partial charge is 0.395 e. The average molecular weight is 358 g/mol. The molecule has 4 rings (SSSR count). The molecule has 134 valence electrons. The van der Waals surface area contributed by atoms with Crippen LogP contribution in [-0.4, -0.2) is 38.9 Å². The van der Waals surface area contributed by atoms with Crippen LogP contribution >= 0.6 is 0 Å². The highest BCUT2D eigenvalue weighted by Gasteiger charge is 2.08. The van der Waals surface area contributed by atoms with Crippen LogP contribution in [0.2, 0.25) is 0 Å². The Kier molecular flexibility index (Phi) is 4.63. The van der Waals surface area contributed by atoms with E-state index in [4.69, 9.17) is 5.11 Å². The van der Waals surface area contributed by atoms with Gasteiger partial charge in [-0.2, -0.15) is 5.10 Å². The van der Waals surface area contributed by atoms with Gasteiger partial charge < -0.3 is 10.4 Å². The van der Waals surface area contributed by atoms with E-state index in [1.165, 1.54) is 0 Å². The Labute approximate surface area is 156 Å². The fourth-order valence-corrected chi connectivity index (χ4v) is 2.94. The van der Waals surface area contributed by atoms with Crippen LogP contribution in [0.3, 0.4) is 0 Å². The number of aliphatic hydroxyl groups is 1. The molecule has 6 heteroatoms. The number of aromatic nitrogens is 3. The van der Waals surface area contributed by atoms with Crippen molar-refractivity contribution in [3.05, 3.63) is 78.8 Å². The lowest BCUT2D eigenvalue weighted by molar-refractivity contribution is 0.0945. The molecule has 2 aromatic heterocycles. The lowest BCUT2D eigenvalue weighted by Crippen LogP contribution is -2.26. The first kappa shape index (κ1) is 16.9. The molecule has 27 heavy (non-hydrogen) atoms. The fourth-order valence-electron chi connectivity index (χ4n) is 2.94. The van der Waals surface area contributed by atoms with Gasteiger partial charge in [-0.15, -0.1) is 0 Å². The lowest BCUT2D eigenvalue weighted by Gasteiger charge is -2.06. The van der Waals surface area contributed by atoms with E-state index in [1.54, 1.807) is 23.1 Å². The van der Waals surface area contributed by atoms with E-state index in [2.05, 4.69) is 21.5 Å². The minimum atomic E-state index is -0.198. The number of rotatable bonds is 5. The molecular weight excluding hydrogens is 340 g/mol. The van der Waals surface area contributed by atoms with Crippen molar-refractivity contribution in [3.8, 4) is 16.8 Å². The van der Waals surface area contributed by atoms with E-state index in [1.807, 2.05) is 48.7 Å². The average Bonchev–Trinajstić information content (AvgIpc) is 3.16. The van der Waals surface area contributed by atoms with Gasteiger partial charge in [-0.05, 0) is 47.5 Å². The van der Waals surface area contributed by atoms with Crippen molar-refractivity contribution in [2.24, 2.45) is 0 Å². The molecule has 1 amide bonds. The van der Waals surface area contributed by atoms with Crippen LogP contribution in [0.1, 0.15) is 10.4 Å². The zero-order chi connectivity index (χ0) is 18.6. The van der Waals surface area contributed by atoms with Crippen molar-refractivity contribution in [1.29, 1.82) is 0 Å². The highest BCUT2D eigenvalue weighted by atomic mass is 16.3. The van der Waals surface area contributed by atoms with Gasteiger partial charge in [0.15, 0.2) is 0 Å². The summed E-state index contributed by atoms with van der Waals surface area (Å²) in [6.45, 7) is 0.158. The number of hydrogen-bond acceptors (Lipinski definition) is 4. The van der Waals surface area contributed by atoms with Gasteiger partial charge >= 0.3 is 0 Å². The number of carbonyl (C=O) groups is 1. The second-order valence-corrected chi connectivity index (χ2v) is 6.12. The first-order chi connectivity index (χ1) is 13.2. The molecule has 0 unspecified atom stereocenters. The molecule has 0 aliphatic rings. The second-order valence-electron chi connectivity index (χ2n) is 6.12. The molecule has 6 nitrogen and oxygen atoms in total. The van der Waals surface area contributed by atoms with Gasteiger partial charge in [0.25, 0.3) is 5.91 Å². The topological polar surface area (TPSA) is 80.0 Å². The van der Waals surface area contributed by atoms with Crippen LogP contribution in [0.5, 0.6) is 0 Å². The number of hydrogen-bond donors (Lipinski definition) is 2. The maximum absolute atomic E-state index is 12.1. The van der Waals surface area contributed by atoms with Crippen LogP contribution in [0.15, 0.2) is 73.2 Å². The Bertz CT molecular complexity index is 1090. The zero-order valence-electron chi connectivity index (χ0n) is 14.5. The van der Waals surface area contributed by atoms with Crippen LogP contribution in [0.4, 0.5) is 0 Å². The van der Waals surface area contributed by atoms with Gasteiger partial charge in [-0.1, -0.05) is 18.2 Å². The number of amides is 1. The molecule has 0 bridgehead atoms. The summed E-state index contributed by atoms with van der Waals surface area (Å²) in [6.07, 6.45) is 5.46. The van der Waals surface area contributed by atoms with Gasteiger partial charge in [0.05, 0.1) is 24.0 Å². The molecule has 0 atom stereocenters. The quantitative estimate of drug-likeness (QED) is 0.575. The van der Waals surface area contributed by atoms with E-state index < -0.39 is 0 Å².